The highest BCUT2D eigenvalue weighted by atomic mass is 16.4. The molecule has 3 aromatic carbocycles. The maximum atomic E-state index is 11.7. The lowest BCUT2D eigenvalue weighted by atomic mass is 9.85. The van der Waals surface area contributed by atoms with Crippen LogP contribution in [0.4, 0.5) is 9.59 Å². The van der Waals surface area contributed by atoms with Crippen molar-refractivity contribution in [3.8, 4) is 22.5 Å². The van der Waals surface area contributed by atoms with Crippen molar-refractivity contribution in [2.24, 2.45) is 0 Å². The van der Waals surface area contributed by atoms with Gasteiger partial charge >= 0.3 is 12.2 Å². The first-order chi connectivity index (χ1) is 24.0. The summed E-state index contributed by atoms with van der Waals surface area (Å²) in [5.74, 6) is 1.36. The van der Waals surface area contributed by atoms with Crippen molar-refractivity contribution in [3.05, 3.63) is 119 Å². The predicted octanol–water partition coefficient (Wildman–Crippen LogP) is 8.98. The minimum absolute atomic E-state index is 0.0407. The highest BCUT2D eigenvalue weighted by molar-refractivity contribution is 5.92. The van der Waals surface area contributed by atoms with Crippen molar-refractivity contribution < 1.29 is 19.8 Å². The fourth-order valence-corrected chi connectivity index (χ4v) is 7.10. The van der Waals surface area contributed by atoms with Gasteiger partial charge in [0.2, 0.25) is 0 Å². The topological polar surface area (TPSA) is 138 Å². The van der Waals surface area contributed by atoms with Crippen molar-refractivity contribution in [2.45, 2.75) is 64.0 Å². The molecule has 50 heavy (non-hydrogen) atoms. The maximum Gasteiger partial charge on any atom is 0.407 e. The van der Waals surface area contributed by atoms with E-state index in [1.807, 2.05) is 0 Å². The van der Waals surface area contributed by atoms with Gasteiger partial charge in [0.15, 0.2) is 0 Å². The van der Waals surface area contributed by atoms with Crippen LogP contribution in [0.25, 0.3) is 34.2 Å². The zero-order chi connectivity index (χ0) is 35.0. The summed E-state index contributed by atoms with van der Waals surface area (Å²) in [6.45, 7) is 7.69. The van der Waals surface area contributed by atoms with Crippen LogP contribution in [-0.2, 0) is 5.41 Å². The number of benzene rings is 3. The molecular weight excluding hydrogens is 628 g/mol. The van der Waals surface area contributed by atoms with E-state index in [0.717, 1.165) is 70.5 Å². The third-order valence-electron chi connectivity index (χ3n) is 9.92. The summed E-state index contributed by atoms with van der Waals surface area (Å²) >= 11 is 0. The van der Waals surface area contributed by atoms with Crippen LogP contribution in [0.2, 0.25) is 0 Å². The molecule has 0 unspecified atom stereocenters. The zero-order valence-electron chi connectivity index (χ0n) is 28.6. The normalized spacial score (nSPS) is 18.2. The number of rotatable bonds is 7. The van der Waals surface area contributed by atoms with Crippen LogP contribution in [0.5, 0.6) is 0 Å². The quantitative estimate of drug-likeness (QED) is 0.128. The third kappa shape index (κ3) is 6.65. The number of imidazole rings is 2. The van der Waals surface area contributed by atoms with Crippen molar-refractivity contribution in [1.82, 2.24) is 29.7 Å². The summed E-state index contributed by atoms with van der Waals surface area (Å²) in [4.78, 5) is 42.1. The SMILES string of the molecule is CC(C)(C)c1ccc(C(=Cc2ccc(-c3cnc([C@@H]4CCCN4C(=O)O)[nH]3)cc2)c2ccc(-c3cnc([C@@H]4CCCN4C(=O)O)[nH]3)cc2)cc1. The molecule has 0 radical (unpaired) electrons. The van der Waals surface area contributed by atoms with Gasteiger partial charge in [-0.2, -0.15) is 0 Å². The second-order valence-electron chi connectivity index (χ2n) is 14.2. The summed E-state index contributed by atoms with van der Waals surface area (Å²) in [5, 5.41) is 19.2. The van der Waals surface area contributed by atoms with Gasteiger partial charge in [-0.1, -0.05) is 93.6 Å². The van der Waals surface area contributed by atoms with Crippen LogP contribution in [0.1, 0.15) is 92.4 Å². The summed E-state index contributed by atoms with van der Waals surface area (Å²) in [7, 11) is 0. The Morgan fingerprint density at radius 1 is 0.700 bits per heavy atom. The van der Waals surface area contributed by atoms with E-state index in [-0.39, 0.29) is 17.5 Å². The Bertz CT molecular complexity index is 2020. The molecule has 4 N–H and O–H groups in total. The molecule has 0 saturated carbocycles. The predicted molar refractivity (Wildman–Crippen MR) is 194 cm³/mol. The molecule has 5 aromatic rings. The lowest BCUT2D eigenvalue weighted by molar-refractivity contribution is 0.138. The molecule has 2 saturated heterocycles. The van der Waals surface area contributed by atoms with Gasteiger partial charge in [-0.05, 0) is 76.1 Å². The van der Waals surface area contributed by atoms with Crippen molar-refractivity contribution in [1.29, 1.82) is 0 Å². The molecule has 2 aliphatic rings. The number of aromatic nitrogens is 4. The van der Waals surface area contributed by atoms with Crippen LogP contribution in [-0.4, -0.2) is 65.2 Å². The molecule has 0 aliphatic carbocycles. The first-order valence-electron chi connectivity index (χ1n) is 17.2. The standard InChI is InChI=1S/C40H42N6O4/c1-40(2,3)30-18-16-27(17-19-30)31(26-12-14-29(15-13-26)33-24-42-37(44-33)35-7-5-21-46(35)39(49)50)22-25-8-10-28(11-9-25)32-23-41-36(43-32)34-6-4-20-45(34)38(47)48/h8-19,22-24,34-35H,4-7,20-21H2,1-3H3,(H,41,43)(H,42,44)(H,47,48)(H,49,50)/t34-,35-/m0/s1. The van der Waals surface area contributed by atoms with Crippen molar-refractivity contribution in [3.63, 3.8) is 0 Å². The number of amides is 2. The van der Waals surface area contributed by atoms with Gasteiger partial charge in [-0.15, -0.1) is 0 Å². The number of aromatic amines is 2. The Morgan fingerprint density at radius 3 is 1.58 bits per heavy atom. The molecule has 2 aromatic heterocycles. The second kappa shape index (κ2) is 13.3. The van der Waals surface area contributed by atoms with Crippen molar-refractivity contribution in [2.75, 3.05) is 13.1 Å². The number of hydrogen-bond donors (Lipinski definition) is 4. The second-order valence-corrected chi connectivity index (χ2v) is 14.2. The molecule has 4 heterocycles. The number of carboxylic acid groups (broad SMARTS) is 2. The first-order valence-corrected chi connectivity index (χ1v) is 17.2. The molecule has 10 heteroatoms. The largest absolute Gasteiger partial charge is 0.465 e. The lowest BCUT2D eigenvalue weighted by Gasteiger charge is -2.20. The van der Waals surface area contributed by atoms with E-state index in [2.05, 4.69) is 120 Å². The molecule has 2 amide bonds. The number of nitrogens with zero attached hydrogens (tertiary/aromatic N) is 4. The number of likely N-dealkylation sites (tertiary alicyclic amines) is 2. The summed E-state index contributed by atoms with van der Waals surface area (Å²) < 4.78 is 0. The summed E-state index contributed by atoms with van der Waals surface area (Å²) in [5.41, 5.74) is 9.25. The maximum absolute atomic E-state index is 11.7. The van der Waals surface area contributed by atoms with E-state index in [9.17, 15) is 19.8 Å². The van der Waals surface area contributed by atoms with E-state index in [1.165, 1.54) is 15.4 Å². The van der Waals surface area contributed by atoms with E-state index >= 15 is 0 Å². The Kier molecular flexibility index (Phi) is 8.78. The fourth-order valence-electron chi connectivity index (χ4n) is 7.10. The Labute approximate surface area is 291 Å². The van der Waals surface area contributed by atoms with E-state index in [0.29, 0.717) is 24.7 Å². The first kappa shape index (κ1) is 32.9. The Balaban J connectivity index is 1.17. The molecule has 0 spiro atoms. The minimum atomic E-state index is -0.914. The number of nitrogens with one attached hydrogen (secondary N) is 2. The molecular formula is C40H42N6O4. The molecule has 2 aliphatic heterocycles. The van der Waals surface area contributed by atoms with Crippen LogP contribution in [0.3, 0.4) is 0 Å². The lowest BCUT2D eigenvalue weighted by Crippen LogP contribution is -2.29. The summed E-state index contributed by atoms with van der Waals surface area (Å²) in [6, 6.07) is 24.9. The number of H-pyrrole nitrogens is 2. The fraction of sp³-hybridized carbons (Fsp3) is 0.300. The van der Waals surface area contributed by atoms with Gasteiger partial charge in [0.1, 0.15) is 11.6 Å². The average Bonchev–Trinajstić information content (AvgIpc) is 3.93. The Morgan fingerprint density at radius 2 is 1.14 bits per heavy atom. The minimum Gasteiger partial charge on any atom is -0.465 e. The van der Waals surface area contributed by atoms with Gasteiger partial charge in [0.05, 0.1) is 35.9 Å². The molecule has 2 fully saturated rings. The zero-order valence-corrected chi connectivity index (χ0v) is 28.6. The smallest absolute Gasteiger partial charge is 0.407 e. The highest BCUT2D eigenvalue weighted by Gasteiger charge is 2.33. The molecule has 0 bridgehead atoms. The van der Waals surface area contributed by atoms with E-state index in [1.54, 1.807) is 12.4 Å². The van der Waals surface area contributed by atoms with Gasteiger partial charge in [-0.25, -0.2) is 19.6 Å². The average molecular weight is 671 g/mol. The van der Waals surface area contributed by atoms with Crippen molar-refractivity contribution >= 4 is 23.8 Å². The van der Waals surface area contributed by atoms with E-state index < -0.39 is 12.2 Å². The monoisotopic (exact) mass is 670 g/mol. The van der Waals surface area contributed by atoms with Gasteiger partial charge < -0.3 is 20.2 Å². The number of carbonyl (C=O) groups is 2. The van der Waals surface area contributed by atoms with Crippen LogP contribution < -0.4 is 0 Å². The van der Waals surface area contributed by atoms with Gasteiger partial charge in [0, 0.05) is 13.1 Å². The van der Waals surface area contributed by atoms with E-state index in [4.69, 9.17) is 0 Å². The highest BCUT2D eigenvalue weighted by Crippen LogP contribution is 2.35. The van der Waals surface area contributed by atoms with Gasteiger partial charge in [0.25, 0.3) is 0 Å². The van der Waals surface area contributed by atoms with Gasteiger partial charge in [-0.3, -0.25) is 9.80 Å². The molecule has 7 rings (SSSR count). The number of hydrogen-bond acceptors (Lipinski definition) is 4. The van der Waals surface area contributed by atoms with Crippen LogP contribution in [0.15, 0.2) is 85.2 Å². The van der Waals surface area contributed by atoms with Crippen LogP contribution in [0, 0.1) is 0 Å². The van der Waals surface area contributed by atoms with Crippen LogP contribution >= 0.6 is 0 Å². The molecule has 256 valence electrons. The molecule has 10 nitrogen and oxygen atoms in total. The summed E-state index contributed by atoms with van der Waals surface area (Å²) in [6.07, 6.45) is 7.11. The third-order valence-corrected chi connectivity index (χ3v) is 9.92. The molecule has 2 atom stereocenters. The Hall–Kier alpha value is -5.64.